The summed E-state index contributed by atoms with van der Waals surface area (Å²) < 4.78 is 0. The first-order valence-electron chi connectivity index (χ1n) is 9.43. The number of carboxylic acid groups (broad SMARTS) is 1. The number of aromatic nitrogens is 2. The molecule has 0 radical (unpaired) electrons. The molecule has 7 heteroatoms. The Hall–Kier alpha value is -3.48. The Labute approximate surface area is 167 Å². The van der Waals surface area contributed by atoms with E-state index in [0.29, 0.717) is 35.1 Å². The van der Waals surface area contributed by atoms with Crippen molar-refractivity contribution >= 4 is 22.8 Å². The van der Waals surface area contributed by atoms with Gasteiger partial charge in [-0.3, -0.25) is 9.59 Å². The molecule has 0 fully saturated rings. The van der Waals surface area contributed by atoms with E-state index < -0.39 is 12.0 Å². The van der Waals surface area contributed by atoms with Gasteiger partial charge in [-0.1, -0.05) is 30.3 Å². The lowest BCUT2D eigenvalue weighted by molar-refractivity contribution is -0.142. The van der Waals surface area contributed by atoms with E-state index in [4.69, 9.17) is 0 Å². The molecule has 0 saturated carbocycles. The molecule has 0 aliphatic rings. The van der Waals surface area contributed by atoms with E-state index in [1.165, 1.54) is 0 Å². The highest BCUT2D eigenvalue weighted by molar-refractivity contribution is 5.85. The molecule has 1 heterocycles. The number of fused-ring (bicyclic) bond motifs is 1. The van der Waals surface area contributed by atoms with Crippen LogP contribution < -0.4 is 10.9 Å². The lowest BCUT2D eigenvalue weighted by atomic mass is 9.97. The van der Waals surface area contributed by atoms with E-state index in [1.54, 1.807) is 30.3 Å². The molecule has 0 aliphatic carbocycles. The second kappa shape index (κ2) is 8.68. The number of aliphatic carboxylic acids is 1. The van der Waals surface area contributed by atoms with Crippen molar-refractivity contribution < 1.29 is 14.7 Å². The molecule has 1 atom stereocenters. The Morgan fingerprint density at radius 1 is 1.14 bits per heavy atom. The largest absolute Gasteiger partial charge is 0.479 e. The Kier molecular flexibility index (Phi) is 6.07. The number of carbonyl (C=O) groups excluding carboxylic acids is 1. The summed E-state index contributed by atoms with van der Waals surface area (Å²) in [6.45, 7) is 3.74. The average Bonchev–Trinajstić information content (AvgIpc) is 2.68. The van der Waals surface area contributed by atoms with Crippen LogP contribution in [-0.4, -0.2) is 27.0 Å². The van der Waals surface area contributed by atoms with Crippen molar-refractivity contribution in [2.75, 3.05) is 0 Å². The molecule has 1 unspecified atom stereocenters. The number of para-hydroxylation sites is 1. The van der Waals surface area contributed by atoms with Gasteiger partial charge in [-0.15, -0.1) is 0 Å². The highest BCUT2D eigenvalue weighted by Crippen LogP contribution is 2.21. The van der Waals surface area contributed by atoms with Gasteiger partial charge in [0.25, 0.3) is 5.56 Å². The summed E-state index contributed by atoms with van der Waals surface area (Å²) in [5.74, 6) is -0.958. The van der Waals surface area contributed by atoms with Gasteiger partial charge in [0.1, 0.15) is 5.82 Å². The zero-order valence-corrected chi connectivity index (χ0v) is 16.4. The van der Waals surface area contributed by atoms with Gasteiger partial charge in [-0.2, -0.15) is 0 Å². The van der Waals surface area contributed by atoms with Crippen LogP contribution in [-0.2, 0) is 16.0 Å². The average molecular weight is 393 g/mol. The third kappa shape index (κ3) is 4.68. The molecule has 2 aromatic carbocycles. The summed E-state index contributed by atoms with van der Waals surface area (Å²) >= 11 is 0. The van der Waals surface area contributed by atoms with Crippen LogP contribution in [0.3, 0.4) is 0 Å². The highest BCUT2D eigenvalue weighted by Gasteiger charge is 2.23. The van der Waals surface area contributed by atoms with E-state index >= 15 is 0 Å². The van der Waals surface area contributed by atoms with Crippen molar-refractivity contribution in [2.24, 2.45) is 0 Å². The molecule has 29 heavy (non-hydrogen) atoms. The number of carbonyl (C=O) groups is 2. The molecule has 3 N–H and O–H groups in total. The van der Waals surface area contributed by atoms with Gasteiger partial charge in [-0.05, 0) is 49.1 Å². The number of benzene rings is 2. The van der Waals surface area contributed by atoms with Crippen molar-refractivity contribution in [3.63, 3.8) is 0 Å². The van der Waals surface area contributed by atoms with E-state index in [2.05, 4.69) is 15.3 Å². The van der Waals surface area contributed by atoms with Crippen molar-refractivity contribution in [1.29, 1.82) is 0 Å². The van der Waals surface area contributed by atoms with Crippen LogP contribution in [0, 0.1) is 13.8 Å². The summed E-state index contributed by atoms with van der Waals surface area (Å²) in [5.41, 5.74) is 2.78. The van der Waals surface area contributed by atoms with Gasteiger partial charge in [-0.25, -0.2) is 9.78 Å². The van der Waals surface area contributed by atoms with Gasteiger partial charge in [0.05, 0.1) is 10.9 Å². The highest BCUT2D eigenvalue weighted by atomic mass is 16.4. The zero-order chi connectivity index (χ0) is 21.0. The normalized spacial score (nSPS) is 11.9. The molecule has 150 valence electrons. The number of rotatable bonds is 7. The van der Waals surface area contributed by atoms with Crippen LogP contribution in [0.25, 0.3) is 10.9 Å². The molecule has 1 amide bonds. The minimum Gasteiger partial charge on any atom is -0.479 e. The van der Waals surface area contributed by atoms with Crippen LogP contribution in [0.15, 0.2) is 47.3 Å². The van der Waals surface area contributed by atoms with E-state index in [0.717, 1.165) is 11.1 Å². The summed E-state index contributed by atoms with van der Waals surface area (Å²) in [4.78, 5) is 43.3. The monoisotopic (exact) mass is 393 g/mol. The van der Waals surface area contributed by atoms with Crippen molar-refractivity contribution in [3.05, 3.63) is 75.3 Å². The summed E-state index contributed by atoms with van der Waals surface area (Å²) in [5, 5.41) is 12.7. The third-order valence-corrected chi connectivity index (χ3v) is 4.99. The number of amides is 1. The molecule has 3 rings (SSSR count). The van der Waals surface area contributed by atoms with Crippen LogP contribution in [0.5, 0.6) is 0 Å². The molecule has 0 spiro atoms. The second-order valence-corrected chi connectivity index (χ2v) is 7.01. The number of H-pyrrole nitrogens is 1. The van der Waals surface area contributed by atoms with Crippen LogP contribution in [0.4, 0.5) is 0 Å². The maximum Gasteiger partial charge on any atom is 0.330 e. The minimum atomic E-state index is -1.10. The SMILES string of the molecule is Cc1cccc(C(NC(=O)CCCc2nc3ccccc3c(=O)[nH]2)C(=O)O)c1C. The van der Waals surface area contributed by atoms with Gasteiger partial charge >= 0.3 is 5.97 Å². The summed E-state index contributed by atoms with van der Waals surface area (Å²) in [7, 11) is 0. The van der Waals surface area contributed by atoms with Crippen LogP contribution in [0.1, 0.15) is 41.4 Å². The van der Waals surface area contributed by atoms with Gasteiger partial charge in [0, 0.05) is 12.8 Å². The molecule has 0 saturated heterocycles. The number of hydrogen-bond acceptors (Lipinski definition) is 4. The Morgan fingerprint density at radius 2 is 1.90 bits per heavy atom. The second-order valence-electron chi connectivity index (χ2n) is 7.01. The first-order valence-corrected chi connectivity index (χ1v) is 9.43. The predicted octanol–water partition coefficient (Wildman–Crippen LogP) is 2.80. The minimum absolute atomic E-state index is 0.130. The molecular formula is C22H23N3O4. The number of aromatic amines is 1. The van der Waals surface area contributed by atoms with Crippen molar-refractivity contribution in [1.82, 2.24) is 15.3 Å². The van der Waals surface area contributed by atoms with Gasteiger partial charge in [0.2, 0.25) is 5.91 Å². The van der Waals surface area contributed by atoms with E-state index in [9.17, 15) is 19.5 Å². The number of aryl methyl sites for hydroxylation is 2. The molecule has 3 aromatic rings. The fourth-order valence-electron chi connectivity index (χ4n) is 3.26. The van der Waals surface area contributed by atoms with E-state index in [-0.39, 0.29) is 17.9 Å². The van der Waals surface area contributed by atoms with Crippen LogP contribution in [0.2, 0.25) is 0 Å². The predicted molar refractivity (Wildman–Crippen MR) is 110 cm³/mol. The molecule has 0 aliphatic heterocycles. The Bertz CT molecular complexity index is 1120. The summed E-state index contributed by atoms with van der Waals surface area (Å²) in [6.07, 6.45) is 0.978. The maximum absolute atomic E-state index is 12.3. The Balaban J connectivity index is 1.64. The van der Waals surface area contributed by atoms with Gasteiger partial charge in [0.15, 0.2) is 6.04 Å². The summed E-state index contributed by atoms with van der Waals surface area (Å²) in [6, 6.07) is 11.4. The first kappa shape index (κ1) is 20.3. The standard InChI is InChI=1S/C22H23N3O4/c1-13-7-5-9-15(14(13)2)20(22(28)29)25-19(26)12-6-11-18-23-17-10-4-3-8-16(17)21(27)24-18/h3-5,7-10,20H,6,11-12H2,1-2H3,(H,25,26)(H,28,29)(H,23,24,27). The fraction of sp³-hybridized carbons (Fsp3) is 0.273. The Morgan fingerprint density at radius 3 is 2.66 bits per heavy atom. The number of nitrogens with zero attached hydrogens (tertiary/aromatic N) is 1. The van der Waals surface area contributed by atoms with E-state index in [1.807, 2.05) is 26.0 Å². The number of carboxylic acids is 1. The first-order chi connectivity index (χ1) is 13.9. The fourth-order valence-corrected chi connectivity index (χ4v) is 3.26. The van der Waals surface area contributed by atoms with Crippen LogP contribution >= 0.6 is 0 Å². The zero-order valence-electron chi connectivity index (χ0n) is 16.4. The maximum atomic E-state index is 12.3. The number of nitrogens with one attached hydrogen (secondary N) is 2. The molecular weight excluding hydrogens is 370 g/mol. The number of hydrogen-bond donors (Lipinski definition) is 3. The molecule has 1 aromatic heterocycles. The van der Waals surface area contributed by atoms with Crippen molar-refractivity contribution in [2.45, 2.75) is 39.2 Å². The topological polar surface area (TPSA) is 112 Å². The lowest BCUT2D eigenvalue weighted by Crippen LogP contribution is -2.34. The lowest BCUT2D eigenvalue weighted by Gasteiger charge is -2.18. The quantitative estimate of drug-likeness (QED) is 0.571. The molecule has 7 nitrogen and oxygen atoms in total. The third-order valence-electron chi connectivity index (χ3n) is 4.99. The smallest absolute Gasteiger partial charge is 0.330 e. The van der Waals surface area contributed by atoms with Crippen molar-refractivity contribution in [3.8, 4) is 0 Å². The van der Waals surface area contributed by atoms with Gasteiger partial charge < -0.3 is 15.4 Å². The molecule has 0 bridgehead atoms.